The second-order valence-corrected chi connectivity index (χ2v) is 5.50. The number of hydrogen-bond acceptors (Lipinski definition) is 1. The van der Waals surface area contributed by atoms with Crippen LogP contribution in [0.2, 0.25) is 0 Å². The molecular weight excluding hydrogens is 260 g/mol. The molecule has 1 N–H and O–H groups in total. The third-order valence-electron chi connectivity index (χ3n) is 3.49. The van der Waals surface area contributed by atoms with Crippen LogP contribution >= 0.6 is 0 Å². The van der Waals surface area contributed by atoms with Gasteiger partial charge >= 0.3 is 0 Å². The van der Waals surface area contributed by atoms with E-state index in [0.717, 1.165) is 29.7 Å². The summed E-state index contributed by atoms with van der Waals surface area (Å²) in [5.74, 6) is -0.00283. The quantitative estimate of drug-likeness (QED) is 0.840. The van der Waals surface area contributed by atoms with Crippen LogP contribution in [0, 0.1) is 13.8 Å². The predicted octanol–water partition coefficient (Wildman–Crippen LogP) is 3.18. The van der Waals surface area contributed by atoms with Crippen LogP contribution in [0.1, 0.15) is 30.0 Å². The van der Waals surface area contributed by atoms with Crippen molar-refractivity contribution in [2.45, 2.75) is 40.2 Å². The van der Waals surface area contributed by atoms with Crippen LogP contribution < -0.4 is 9.88 Å². The van der Waals surface area contributed by atoms with Gasteiger partial charge in [0.15, 0.2) is 12.4 Å². The second-order valence-electron chi connectivity index (χ2n) is 5.50. The van der Waals surface area contributed by atoms with Gasteiger partial charge in [0.25, 0.3) is 5.91 Å². The summed E-state index contributed by atoms with van der Waals surface area (Å²) in [4.78, 5) is 12.1. The maximum Gasteiger partial charge on any atom is 0.290 e. The Kier molecular flexibility index (Phi) is 5.09. The van der Waals surface area contributed by atoms with Gasteiger partial charge in [0.05, 0.1) is 0 Å². The summed E-state index contributed by atoms with van der Waals surface area (Å²) in [6.45, 7) is 6.52. The fourth-order valence-corrected chi connectivity index (χ4v) is 2.28. The van der Waals surface area contributed by atoms with Gasteiger partial charge in [0.2, 0.25) is 6.54 Å². The summed E-state index contributed by atoms with van der Waals surface area (Å²) in [6.07, 6.45) is 6.15. The molecule has 110 valence electrons. The van der Waals surface area contributed by atoms with Gasteiger partial charge in [-0.2, -0.15) is 4.57 Å². The normalized spacial score (nSPS) is 10.4. The van der Waals surface area contributed by atoms with Crippen LogP contribution in [0.15, 0.2) is 42.7 Å². The van der Waals surface area contributed by atoms with Crippen molar-refractivity contribution in [3.8, 4) is 0 Å². The minimum atomic E-state index is -0.00283. The molecule has 0 saturated heterocycles. The zero-order valence-corrected chi connectivity index (χ0v) is 13.0. The maximum atomic E-state index is 12.1. The molecule has 0 aliphatic carbocycles. The number of benzene rings is 1. The molecule has 0 spiro atoms. The first kappa shape index (κ1) is 15.2. The molecule has 0 radical (unpaired) electrons. The first-order valence-corrected chi connectivity index (χ1v) is 7.43. The summed E-state index contributed by atoms with van der Waals surface area (Å²) in [5.41, 5.74) is 4.43. The highest BCUT2D eigenvalue weighted by molar-refractivity contribution is 5.90. The SMILES string of the molecule is CCCc1cc[n+](CC(=O)Nc2cc(C)ccc2C)cc1. The standard InChI is InChI=1S/C18H22N2O/c1-4-5-16-8-10-20(11-9-16)13-18(21)19-17-12-14(2)6-7-15(17)3/h6-12H,4-5,13H2,1-3H3/p+1. The molecule has 0 fully saturated rings. The minimum Gasteiger partial charge on any atom is -0.320 e. The molecule has 0 aliphatic rings. The first-order valence-electron chi connectivity index (χ1n) is 7.43. The smallest absolute Gasteiger partial charge is 0.290 e. The highest BCUT2D eigenvalue weighted by Crippen LogP contribution is 2.16. The number of nitrogens with zero attached hydrogens (tertiary/aromatic N) is 1. The van der Waals surface area contributed by atoms with Crippen molar-refractivity contribution in [2.24, 2.45) is 0 Å². The van der Waals surface area contributed by atoms with E-state index in [-0.39, 0.29) is 5.91 Å². The molecule has 1 aromatic heterocycles. The van der Waals surface area contributed by atoms with E-state index in [1.165, 1.54) is 5.56 Å². The molecule has 3 heteroatoms. The van der Waals surface area contributed by atoms with E-state index in [1.54, 1.807) is 0 Å². The summed E-state index contributed by atoms with van der Waals surface area (Å²) in [7, 11) is 0. The molecule has 2 rings (SSSR count). The first-order chi connectivity index (χ1) is 10.1. The fraction of sp³-hybridized carbons (Fsp3) is 0.333. The summed E-state index contributed by atoms with van der Waals surface area (Å²) < 4.78 is 1.90. The monoisotopic (exact) mass is 283 g/mol. The molecule has 1 aromatic carbocycles. The molecule has 0 atom stereocenters. The number of carbonyl (C=O) groups excluding carboxylic acids is 1. The van der Waals surface area contributed by atoms with Crippen molar-refractivity contribution in [2.75, 3.05) is 5.32 Å². The van der Waals surface area contributed by atoms with E-state index < -0.39 is 0 Å². The Morgan fingerprint density at radius 3 is 2.52 bits per heavy atom. The fourth-order valence-electron chi connectivity index (χ4n) is 2.28. The Labute approximate surface area is 126 Å². The third kappa shape index (κ3) is 4.42. The molecule has 3 nitrogen and oxygen atoms in total. The number of rotatable bonds is 5. The van der Waals surface area contributed by atoms with Crippen molar-refractivity contribution in [3.63, 3.8) is 0 Å². The van der Waals surface area contributed by atoms with E-state index in [0.29, 0.717) is 6.54 Å². The van der Waals surface area contributed by atoms with Crippen LogP contribution in [0.25, 0.3) is 0 Å². The zero-order valence-electron chi connectivity index (χ0n) is 13.0. The Morgan fingerprint density at radius 1 is 1.14 bits per heavy atom. The summed E-state index contributed by atoms with van der Waals surface area (Å²) in [5, 5.41) is 2.98. The van der Waals surface area contributed by atoms with Crippen LogP contribution in [-0.4, -0.2) is 5.91 Å². The van der Waals surface area contributed by atoms with E-state index in [4.69, 9.17) is 0 Å². The Hall–Kier alpha value is -2.16. The molecule has 1 heterocycles. The number of pyridine rings is 1. The average molecular weight is 283 g/mol. The second kappa shape index (κ2) is 7.02. The van der Waals surface area contributed by atoms with Gasteiger partial charge in [-0.05, 0) is 43.0 Å². The van der Waals surface area contributed by atoms with Crippen LogP contribution in [0.4, 0.5) is 5.69 Å². The van der Waals surface area contributed by atoms with E-state index in [2.05, 4.69) is 24.4 Å². The van der Waals surface area contributed by atoms with Crippen LogP contribution in [0.3, 0.4) is 0 Å². The molecule has 0 aliphatic heterocycles. The van der Waals surface area contributed by atoms with Crippen molar-refractivity contribution < 1.29 is 9.36 Å². The van der Waals surface area contributed by atoms with Crippen molar-refractivity contribution in [1.29, 1.82) is 0 Å². The maximum absolute atomic E-state index is 12.1. The van der Waals surface area contributed by atoms with Crippen molar-refractivity contribution in [1.82, 2.24) is 0 Å². The lowest BCUT2D eigenvalue weighted by Gasteiger charge is -2.08. The lowest BCUT2D eigenvalue weighted by Crippen LogP contribution is -2.39. The number of aryl methyl sites for hydroxylation is 3. The molecule has 0 saturated carbocycles. The molecule has 0 bridgehead atoms. The van der Waals surface area contributed by atoms with Crippen molar-refractivity contribution >= 4 is 11.6 Å². The lowest BCUT2D eigenvalue weighted by atomic mass is 10.1. The predicted molar refractivity (Wildman–Crippen MR) is 85.2 cm³/mol. The molecule has 2 aromatic rings. The number of nitrogens with one attached hydrogen (secondary N) is 1. The topological polar surface area (TPSA) is 33.0 Å². The van der Waals surface area contributed by atoms with Crippen LogP contribution in [-0.2, 0) is 17.8 Å². The average Bonchev–Trinajstić information content (AvgIpc) is 2.45. The van der Waals surface area contributed by atoms with E-state index in [1.807, 2.05) is 49.0 Å². The number of carbonyl (C=O) groups is 1. The Balaban J connectivity index is 1.99. The van der Waals surface area contributed by atoms with Gasteiger partial charge in [-0.15, -0.1) is 0 Å². The number of hydrogen-bond donors (Lipinski definition) is 1. The van der Waals surface area contributed by atoms with Gasteiger partial charge in [-0.1, -0.05) is 25.5 Å². The van der Waals surface area contributed by atoms with Gasteiger partial charge < -0.3 is 5.32 Å². The lowest BCUT2D eigenvalue weighted by molar-refractivity contribution is -0.684. The van der Waals surface area contributed by atoms with Gasteiger partial charge in [-0.3, -0.25) is 4.79 Å². The largest absolute Gasteiger partial charge is 0.320 e. The highest BCUT2D eigenvalue weighted by atomic mass is 16.1. The van der Waals surface area contributed by atoms with E-state index >= 15 is 0 Å². The number of amides is 1. The molecule has 21 heavy (non-hydrogen) atoms. The van der Waals surface area contributed by atoms with Crippen LogP contribution in [0.5, 0.6) is 0 Å². The molecule has 0 unspecified atom stereocenters. The molecular formula is C18H23N2O+. The van der Waals surface area contributed by atoms with Gasteiger partial charge in [0, 0.05) is 17.8 Å². The summed E-state index contributed by atoms with van der Waals surface area (Å²) in [6, 6.07) is 10.2. The summed E-state index contributed by atoms with van der Waals surface area (Å²) >= 11 is 0. The molecule has 1 amide bonds. The third-order valence-corrected chi connectivity index (χ3v) is 3.49. The van der Waals surface area contributed by atoms with E-state index in [9.17, 15) is 4.79 Å². The van der Waals surface area contributed by atoms with Gasteiger partial charge in [-0.25, -0.2) is 0 Å². The van der Waals surface area contributed by atoms with Gasteiger partial charge in [0.1, 0.15) is 0 Å². The zero-order chi connectivity index (χ0) is 15.2. The Morgan fingerprint density at radius 2 is 1.86 bits per heavy atom. The number of anilines is 1. The minimum absolute atomic E-state index is 0.00283. The highest BCUT2D eigenvalue weighted by Gasteiger charge is 2.10. The Bertz CT molecular complexity index is 618. The number of aromatic nitrogens is 1. The van der Waals surface area contributed by atoms with Crippen molar-refractivity contribution in [3.05, 3.63) is 59.4 Å².